The van der Waals surface area contributed by atoms with Crippen LogP contribution in [-0.4, -0.2) is 30.6 Å². The number of hydrogen-bond donors (Lipinski definition) is 1. The summed E-state index contributed by atoms with van der Waals surface area (Å²) in [6.45, 7) is 5.71. The second kappa shape index (κ2) is 8.36. The van der Waals surface area contributed by atoms with Crippen LogP contribution < -0.4 is 5.32 Å². The number of hydrogen-bond acceptors (Lipinski definition) is 3. The molecule has 7 heteroatoms. The van der Waals surface area contributed by atoms with Crippen LogP contribution in [0, 0.1) is 0 Å². The molecule has 2 nitrogen and oxygen atoms in total. The molecule has 21 heavy (non-hydrogen) atoms. The average molecular weight is 343 g/mol. The van der Waals surface area contributed by atoms with Gasteiger partial charge in [-0.15, -0.1) is 23.7 Å². The Labute approximate surface area is 134 Å². The normalized spacial score (nSPS) is 17.0. The van der Waals surface area contributed by atoms with Gasteiger partial charge in [0.05, 0.1) is 0 Å². The SMILES string of the molecule is CCCN(Cc1ccc(C(F)(F)F)s1)C1CCNCC1.Cl. The molecule has 2 heterocycles. The highest BCUT2D eigenvalue weighted by Gasteiger charge is 2.32. The standard InChI is InChI=1S/C14H21F3N2S.ClH/c1-2-9-19(11-5-7-18-8-6-11)10-12-3-4-13(20-12)14(15,16)17;/h3-4,11,18H,2,5-10H2,1H3;1H. The van der Waals surface area contributed by atoms with Gasteiger partial charge in [-0.1, -0.05) is 6.92 Å². The Morgan fingerprint density at radius 1 is 1.29 bits per heavy atom. The molecule has 1 fully saturated rings. The lowest BCUT2D eigenvalue weighted by molar-refractivity contribution is -0.134. The third kappa shape index (κ3) is 5.43. The molecule has 0 aliphatic carbocycles. The molecule has 2 rings (SSSR count). The van der Waals surface area contributed by atoms with Gasteiger partial charge in [-0.2, -0.15) is 13.2 Å². The van der Waals surface area contributed by atoms with Gasteiger partial charge >= 0.3 is 6.18 Å². The molecule has 1 N–H and O–H groups in total. The van der Waals surface area contributed by atoms with Crippen molar-refractivity contribution in [2.75, 3.05) is 19.6 Å². The number of rotatable bonds is 5. The molecule has 0 unspecified atom stereocenters. The molecule has 1 aromatic rings. The fourth-order valence-electron chi connectivity index (χ4n) is 2.67. The zero-order chi connectivity index (χ0) is 14.6. The van der Waals surface area contributed by atoms with Crippen LogP contribution in [0.25, 0.3) is 0 Å². The van der Waals surface area contributed by atoms with Crippen LogP contribution in [0.4, 0.5) is 13.2 Å². The van der Waals surface area contributed by atoms with Gasteiger partial charge in [0.1, 0.15) is 4.88 Å². The summed E-state index contributed by atoms with van der Waals surface area (Å²) in [6, 6.07) is 3.32. The number of piperidine rings is 1. The van der Waals surface area contributed by atoms with Crippen LogP contribution in [0.2, 0.25) is 0 Å². The summed E-state index contributed by atoms with van der Waals surface area (Å²) < 4.78 is 37.9. The van der Waals surface area contributed by atoms with Crippen molar-refractivity contribution < 1.29 is 13.2 Å². The van der Waals surface area contributed by atoms with E-state index in [0.29, 0.717) is 12.6 Å². The fraction of sp³-hybridized carbons (Fsp3) is 0.714. The van der Waals surface area contributed by atoms with Crippen molar-refractivity contribution in [3.8, 4) is 0 Å². The summed E-state index contributed by atoms with van der Waals surface area (Å²) in [7, 11) is 0. The lowest BCUT2D eigenvalue weighted by atomic mass is 10.0. The summed E-state index contributed by atoms with van der Waals surface area (Å²) >= 11 is 0.876. The van der Waals surface area contributed by atoms with E-state index in [1.165, 1.54) is 6.07 Å². The van der Waals surface area contributed by atoms with Crippen molar-refractivity contribution in [3.63, 3.8) is 0 Å². The van der Waals surface area contributed by atoms with Gasteiger partial charge in [0.25, 0.3) is 0 Å². The van der Waals surface area contributed by atoms with E-state index in [0.717, 1.165) is 55.1 Å². The van der Waals surface area contributed by atoms with Crippen molar-refractivity contribution in [2.24, 2.45) is 0 Å². The Bertz CT molecular complexity index is 417. The maximum atomic E-state index is 12.6. The molecule has 0 atom stereocenters. The molecule has 0 aromatic carbocycles. The largest absolute Gasteiger partial charge is 0.425 e. The molecule has 0 spiro atoms. The Morgan fingerprint density at radius 2 is 1.95 bits per heavy atom. The molecule has 0 bridgehead atoms. The predicted molar refractivity (Wildman–Crippen MR) is 83.2 cm³/mol. The van der Waals surface area contributed by atoms with Crippen LogP contribution in [0.15, 0.2) is 12.1 Å². The summed E-state index contributed by atoms with van der Waals surface area (Å²) in [5.41, 5.74) is 0. The molecule has 1 saturated heterocycles. The van der Waals surface area contributed by atoms with E-state index in [9.17, 15) is 13.2 Å². The highest BCUT2D eigenvalue weighted by molar-refractivity contribution is 7.12. The quantitative estimate of drug-likeness (QED) is 0.864. The van der Waals surface area contributed by atoms with Crippen molar-refractivity contribution in [1.29, 1.82) is 0 Å². The topological polar surface area (TPSA) is 15.3 Å². The van der Waals surface area contributed by atoms with E-state index < -0.39 is 11.1 Å². The Balaban J connectivity index is 0.00000220. The molecular weight excluding hydrogens is 321 g/mol. The molecular formula is C14H22ClF3N2S. The first-order chi connectivity index (χ1) is 9.50. The predicted octanol–water partition coefficient (Wildman–Crippen LogP) is 4.15. The van der Waals surface area contributed by atoms with Crippen LogP contribution >= 0.6 is 23.7 Å². The van der Waals surface area contributed by atoms with Gasteiger partial charge in [-0.05, 0) is 51.0 Å². The smallest absolute Gasteiger partial charge is 0.317 e. The molecule has 0 radical (unpaired) electrons. The number of nitrogens with one attached hydrogen (secondary N) is 1. The Kier molecular flexibility index (Phi) is 7.47. The minimum absolute atomic E-state index is 0. The summed E-state index contributed by atoms with van der Waals surface area (Å²) in [5, 5.41) is 3.33. The molecule has 0 saturated carbocycles. The minimum atomic E-state index is -4.22. The van der Waals surface area contributed by atoms with Gasteiger partial charge < -0.3 is 5.32 Å². The Morgan fingerprint density at radius 3 is 2.48 bits per heavy atom. The fourth-order valence-corrected chi connectivity index (χ4v) is 3.57. The van der Waals surface area contributed by atoms with Crippen LogP contribution in [0.3, 0.4) is 0 Å². The highest BCUT2D eigenvalue weighted by atomic mass is 35.5. The van der Waals surface area contributed by atoms with Crippen molar-refractivity contribution in [3.05, 3.63) is 21.9 Å². The van der Waals surface area contributed by atoms with Gasteiger partial charge in [0.2, 0.25) is 0 Å². The zero-order valence-electron chi connectivity index (χ0n) is 12.1. The summed E-state index contributed by atoms with van der Waals surface area (Å²) in [5.74, 6) is 0. The van der Waals surface area contributed by atoms with E-state index in [2.05, 4.69) is 17.1 Å². The van der Waals surface area contributed by atoms with Gasteiger partial charge in [-0.3, -0.25) is 4.90 Å². The molecule has 1 aromatic heterocycles. The van der Waals surface area contributed by atoms with E-state index in [4.69, 9.17) is 0 Å². The van der Waals surface area contributed by atoms with E-state index in [1.54, 1.807) is 6.07 Å². The summed E-state index contributed by atoms with van der Waals surface area (Å²) in [6.07, 6.45) is -1.02. The third-order valence-corrected chi connectivity index (χ3v) is 4.75. The van der Waals surface area contributed by atoms with Crippen molar-refractivity contribution in [2.45, 2.75) is 44.9 Å². The monoisotopic (exact) mass is 342 g/mol. The van der Waals surface area contributed by atoms with E-state index >= 15 is 0 Å². The molecule has 1 aliphatic rings. The maximum absolute atomic E-state index is 12.6. The number of nitrogens with zero attached hydrogens (tertiary/aromatic N) is 1. The lowest BCUT2D eigenvalue weighted by Crippen LogP contribution is -2.42. The molecule has 0 amide bonds. The first kappa shape index (κ1) is 18.7. The van der Waals surface area contributed by atoms with E-state index in [1.807, 2.05) is 0 Å². The van der Waals surface area contributed by atoms with Gasteiger partial charge in [-0.25, -0.2) is 0 Å². The van der Waals surface area contributed by atoms with Gasteiger partial charge in [0, 0.05) is 17.5 Å². The minimum Gasteiger partial charge on any atom is -0.317 e. The third-order valence-electron chi connectivity index (χ3n) is 3.64. The van der Waals surface area contributed by atoms with Crippen LogP contribution in [0.5, 0.6) is 0 Å². The lowest BCUT2D eigenvalue weighted by Gasteiger charge is -2.34. The molecule has 1 aliphatic heterocycles. The van der Waals surface area contributed by atoms with Gasteiger partial charge in [0.15, 0.2) is 0 Å². The van der Waals surface area contributed by atoms with Crippen molar-refractivity contribution >= 4 is 23.7 Å². The zero-order valence-corrected chi connectivity index (χ0v) is 13.7. The second-order valence-electron chi connectivity index (χ2n) is 5.22. The first-order valence-corrected chi connectivity index (χ1v) is 7.93. The molecule has 122 valence electrons. The number of thiophene rings is 1. The average Bonchev–Trinajstić information content (AvgIpc) is 2.88. The van der Waals surface area contributed by atoms with Crippen LogP contribution in [0.1, 0.15) is 35.9 Å². The highest BCUT2D eigenvalue weighted by Crippen LogP contribution is 2.35. The number of halogens is 4. The van der Waals surface area contributed by atoms with E-state index in [-0.39, 0.29) is 12.4 Å². The summed E-state index contributed by atoms with van der Waals surface area (Å²) in [4.78, 5) is 2.66. The van der Waals surface area contributed by atoms with Crippen molar-refractivity contribution in [1.82, 2.24) is 10.2 Å². The maximum Gasteiger partial charge on any atom is 0.425 e. The Hall–Kier alpha value is -0.300. The second-order valence-corrected chi connectivity index (χ2v) is 6.38. The first-order valence-electron chi connectivity index (χ1n) is 7.11. The number of alkyl halides is 3. The van der Waals surface area contributed by atoms with Crippen LogP contribution in [-0.2, 0) is 12.7 Å².